The molecule has 0 fully saturated rings. The smallest absolute Gasteiger partial charge is 0.219 e. The standard InChI is InChI=1S/C9H15NOSi/c1-11-12(2,3)9-7-5-4-6-8(9)10/h4-7H,10H2,1-3H3. The molecule has 0 aliphatic rings. The summed E-state index contributed by atoms with van der Waals surface area (Å²) in [6.45, 7) is 4.28. The van der Waals surface area contributed by atoms with Gasteiger partial charge in [0, 0.05) is 12.8 Å². The first-order chi connectivity index (χ1) is 5.58. The second kappa shape index (κ2) is 3.29. The Labute approximate surface area is 74.5 Å². The van der Waals surface area contributed by atoms with Crippen molar-refractivity contribution < 1.29 is 4.43 Å². The van der Waals surface area contributed by atoms with Crippen LogP contribution in [0.5, 0.6) is 0 Å². The Morgan fingerprint density at radius 2 is 1.83 bits per heavy atom. The quantitative estimate of drug-likeness (QED) is 0.552. The summed E-state index contributed by atoms with van der Waals surface area (Å²) in [5.41, 5.74) is 6.68. The molecule has 1 aromatic rings. The van der Waals surface area contributed by atoms with E-state index in [9.17, 15) is 0 Å². The Morgan fingerprint density at radius 3 is 2.33 bits per heavy atom. The molecule has 0 bridgehead atoms. The van der Waals surface area contributed by atoms with Gasteiger partial charge in [-0.1, -0.05) is 18.2 Å². The van der Waals surface area contributed by atoms with E-state index in [0.717, 1.165) is 5.69 Å². The lowest BCUT2D eigenvalue weighted by Gasteiger charge is -2.21. The average molecular weight is 181 g/mol. The Hall–Kier alpha value is -0.803. The van der Waals surface area contributed by atoms with Crippen LogP contribution in [0.2, 0.25) is 13.1 Å². The summed E-state index contributed by atoms with van der Waals surface area (Å²) in [6, 6.07) is 7.91. The number of rotatable bonds is 2. The molecule has 0 aliphatic carbocycles. The van der Waals surface area contributed by atoms with Gasteiger partial charge < -0.3 is 10.2 Å². The van der Waals surface area contributed by atoms with Crippen LogP contribution in [0.15, 0.2) is 24.3 Å². The Kier molecular flexibility index (Phi) is 2.54. The Balaban J connectivity index is 3.10. The summed E-state index contributed by atoms with van der Waals surface area (Å²) in [5, 5.41) is 1.17. The van der Waals surface area contributed by atoms with Gasteiger partial charge in [0.25, 0.3) is 0 Å². The van der Waals surface area contributed by atoms with Gasteiger partial charge in [0.05, 0.1) is 0 Å². The van der Waals surface area contributed by atoms with Crippen LogP contribution in [-0.4, -0.2) is 15.4 Å². The minimum Gasteiger partial charge on any atom is -0.416 e. The molecule has 1 aromatic carbocycles. The fourth-order valence-electron chi connectivity index (χ4n) is 1.16. The number of benzene rings is 1. The number of anilines is 1. The third-order valence-electron chi connectivity index (χ3n) is 2.12. The third-order valence-corrected chi connectivity index (χ3v) is 4.89. The van der Waals surface area contributed by atoms with Crippen molar-refractivity contribution in [3.8, 4) is 0 Å². The predicted molar refractivity (Wildman–Crippen MR) is 55.0 cm³/mol. The van der Waals surface area contributed by atoms with E-state index in [1.807, 2.05) is 24.3 Å². The summed E-state index contributed by atoms with van der Waals surface area (Å²) in [6.07, 6.45) is 0. The maximum atomic E-state index is 5.84. The minimum atomic E-state index is -1.72. The second-order valence-electron chi connectivity index (χ2n) is 3.30. The SMILES string of the molecule is CO[Si](C)(C)c1ccccc1N. The number of nitrogen functional groups attached to an aromatic ring is 1. The molecule has 0 aromatic heterocycles. The molecule has 12 heavy (non-hydrogen) atoms. The first-order valence-corrected chi connectivity index (χ1v) is 6.89. The summed E-state index contributed by atoms with van der Waals surface area (Å²) in [5.74, 6) is 0. The van der Waals surface area contributed by atoms with Crippen molar-refractivity contribution >= 4 is 19.2 Å². The molecule has 0 atom stereocenters. The van der Waals surface area contributed by atoms with Crippen LogP contribution in [0.3, 0.4) is 0 Å². The summed E-state index contributed by atoms with van der Waals surface area (Å²) in [7, 11) is 0.0257. The van der Waals surface area contributed by atoms with E-state index in [2.05, 4.69) is 13.1 Å². The van der Waals surface area contributed by atoms with Crippen molar-refractivity contribution in [2.24, 2.45) is 0 Å². The van der Waals surface area contributed by atoms with Crippen LogP contribution in [0, 0.1) is 0 Å². The van der Waals surface area contributed by atoms with Crippen molar-refractivity contribution in [2.45, 2.75) is 13.1 Å². The average Bonchev–Trinajstić information content (AvgIpc) is 2.05. The molecule has 3 heteroatoms. The summed E-state index contributed by atoms with van der Waals surface area (Å²) < 4.78 is 5.46. The van der Waals surface area contributed by atoms with Gasteiger partial charge in [-0.05, 0) is 24.3 Å². The topological polar surface area (TPSA) is 35.2 Å². The lowest BCUT2D eigenvalue weighted by Crippen LogP contribution is -2.44. The van der Waals surface area contributed by atoms with Crippen LogP contribution in [0.25, 0.3) is 0 Å². The molecule has 0 unspecified atom stereocenters. The van der Waals surface area contributed by atoms with E-state index in [-0.39, 0.29) is 0 Å². The predicted octanol–water partition coefficient (Wildman–Crippen LogP) is 1.33. The molecule has 0 spiro atoms. The largest absolute Gasteiger partial charge is 0.416 e. The highest BCUT2D eigenvalue weighted by Gasteiger charge is 2.25. The van der Waals surface area contributed by atoms with Crippen LogP contribution in [0.4, 0.5) is 5.69 Å². The molecule has 0 radical (unpaired) electrons. The monoisotopic (exact) mass is 181 g/mol. The van der Waals surface area contributed by atoms with Gasteiger partial charge >= 0.3 is 0 Å². The maximum absolute atomic E-state index is 5.84. The van der Waals surface area contributed by atoms with Gasteiger partial charge in [0.15, 0.2) is 0 Å². The number of hydrogen-bond acceptors (Lipinski definition) is 2. The zero-order valence-electron chi connectivity index (χ0n) is 7.79. The van der Waals surface area contributed by atoms with Gasteiger partial charge in [-0.2, -0.15) is 0 Å². The fourth-order valence-corrected chi connectivity index (χ4v) is 2.65. The zero-order valence-corrected chi connectivity index (χ0v) is 8.79. The number of para-hydroxylation sites is 1. The van der Waals surface area contributed by atoms with Crippen molar-refractivity contribution in [1.29, 1.82) is 0 Å². The van der Waals surface area contributed by atoms with Gasteiger partial charge in [-0.3, -0.25) is 0 Å². The Bertz CT molecular complexity index is 273. The maximum Gasteiger partial charge on any atom is 0.219 e. The van der Waals surface area contributed by atoms with Crippen LogP contribution >= 0.6 is 0 Å². The lowest BCUT2D eigenvalue weighted by atomic mass is 10.3. The molecule has 0 heterocycles. The molecule has 0 aliphatic heterocycles. The molecule has 2 nitrogen and oxygen atoms in total. The summed E-state index contributed by atoms with van der Waals surface area (Å²) in [4.78, 5) is 0. The highest BCUT2D eigenvalue weighted by atomic mass is 28.4. The van der Waals surface area contributed by atoms with Gasteiger partial charge in [0.2, 0.25) is 8.32 Å². The molecule has 0 saturated carbocycles. The van der Waals surface area contributed by atoms with E-state index >= 15 is 0 Å². The highest BCUT2D eigenvalue weighted by Crippen LogP contribution is 2.08. The third kappa shape index (κ3) is 1.68. The highest BCUT2D eigenvalue weighted by molar-refractivity contribution is 6.85. The van der Waals surface area contributed by atoms with E-state index in [0.29, 0.717) is 0 Å². The lowest BCUT2D eigenvalue weighted by molar-refractivity contribution is 0.416. The van der Waals surface area contributed by atoms with E-state index in [1.54, 1.807) is 7.11 Å². The molecule has 66 valence electrons. The van der Waals surface area contributed by atoms with E-state index < -0.39 is 8.32 Å². The minimum absolute atomic E-state index is 0.844. The number of hydrogen-bond donors (Lipinski definition) is 1. The van der Waals surface area contributed by atoms with Gasteiger partial charge in [-0.25, -0.2) is 0 Å². The van der Waals surface area contributed by atoms with Gasteiger partial charge in [-0.15, -0.1) is 0 Å². The molecule has 1 rings (SSSR count). The normalized spacial score (nSPS) is 11.6. The molecular formula is C9H15NOSi. The zero-order chi connectivity index (χ0) is 9.19. The number of nitrogens with two attached hydrogens (primary N) is 1. The van der Waals surface area contributed by atoms with Crippen molar-refractivity contribution in [3.05, 3.63) is 24.3 Å². The fraction of sp³-hybridized carbons (Fsp3) is 0.333. The first kappa shape index (κ1) is 9.29. The van der Waals surface area contributed by atoms with Crippen molar-refractivity contribution in [1.82, 2.24) is 0 Å². The van der Waals surface area contributed by atoms with Crippen LogP contribution in [0.1, 0.15) is 0 Å². The molecule has 0 amide bonds. The van der Waals surface area contributed by atoms with Crippen molar-refractivity contribution in [2.75, 3.05) is 12.8 Å². The Morgan fingerprint density at radius 1 is 1.25 bits per heavy atom. The van der Waals surface area contributed by atoms with E-state index in [1.165, 1.54) is 5.19 Å². The van der Waals surface area contributed by atoms with Crippen molar-refractivity contribution in [3.63, 3.8) is 0 Å². The van der Waals surface area contributed by atoms with E-state index in [4.69, 9.17) is 10.2 Å². The first-order valence-electron chi connectivity index (χ1n) is 3.98. The van der Waals surface area contributed by atoms with Crippen LogP contribution in [-0.2, 0) is 4.43 Å². The van der Waals surface area contributed by atoms with Gasteiger partial charge in [0.1, 0.15) is 0 Å². The molecule has 2 N–H and O–H groups in total. The molecule has 0 saturated heterocycles. The second-order valence-corrected chi connectivity index (χ2v) is 7.27. The summed E-state index contributed by atoms with van der Waals surface area (Å²) >= 11 is 0. The molecular weight excluding hydrogens is 166 g/mol. The van der Waals surface area contributed by atoms with Crippen LogP contribution < -0.4 is 10.9 Å².